The maximum absolute atomic E-state index is 13.2. The zero-order chi connectivity index (χ0) is 37.0. The third kappa shape index (κ3) is 7.00. The summed E-state index contributed by atoms with van der Waals surface area (Å²) in [4.78, 5) is 44.4. The van der Waals surface area contributed by atoms with Gasteiger partial charge in [0.2, 0.25) is 7.85 Å². The number of amides is 1. The van der Waals surface area contributed by atoms with Crippen molar-refractivity contribution in [1.29, 1.82) is 0 Å². The van der Waals surface area contributed by atoms with Crippen molar-refractivity contribution in [3.05, 3.63) is 40.6 Å². The van der Waals surface area contributed by atoms with E-state index in [1.807, 2.05) is 13.0 Å². The van der Waals surface area contributed by atoms with Gasteiger partial charge in [0.25, 0.3) is 5.87 Å². The Morgan fingerprint density at radius 2 is 1.78 bits per heavy atom. The van der Waals surface area contributed by atoms with Crippen LogP contribution in [0, 0.1) is 5.92 Å². The van der Waals surface area contributed by atoms with E-state index in [0.717, 1.165) is 23.9 Å². The fourth-order valence-electron chi connectivity index (χ4n) is 7.01. The Balaban J connectivity index is 0.000000503. The number of aliphatic hydroxyl groups excluding tert-OH is 1. The van der Waals surface area contributed by atoms with Gasteiger partial charge in [-0.25, -0.2) is 33.6 Å². The summed E-state index contributed by atoms with van der Waals surface area (Å²) in [6.07, 6.45) is -0.920. The van der Waals surface area contributed by atoms with Crippen LogP contribution >= 0.6 is 0 Å². The van der Waals surface area contributed by atoms with Gasteiger partial charge in [-0.1, -0.05) is 6.92 Å². The first-order chi connectivity index (χ1) is 23.9. The highest BCUT2D eigenvalue weighted by molar-refractivity contribution is 6.12. The van der Waals surface area contributed by atoms with Crippen LogP contribution in [-0.2, 0) is 25.9 Å². The first kappa shape index (κ1) is 36.2. The largest absolute Gasteiger partial charge is 0.479 e. The molecule has 3 fully saturated rings. The molecule has 0 bridgehead atoms. The Labute approximate surface area is 289 Å². The maximum Gasteiger partial charge on any atom is 0.408 e. The molecule has 7 rings (SSSR count). The van der Waals surface area contributed by atoms with Crippen LogP contribution in [0.4, 0.5) is 16.4 Å². The number of nitrogens with zero attached hydrogens (tertiary/aromatic N) is 6. The van der Waals surface area contributed by atoms with Crippen LogP contribution in [0.2, 0.25) is 0 Å². The Bertz CT molecular complexity index is 2030. The number of carbonyl (C=O) groups is 2. The van der Waals surface area contributed by atoms with Crippen molar-refractivity contribution in [2.45, 2.75) is 81.0 Å². The number of primary amides is 1. The highest BCUT2D eigenvalue weighted by atomic mass is 16.8. The standard InChI is InChI=1S/C28H33N7O8.C2H4BNO4/c1-14-12-27(14,25(37)38)35-24-18(23(32-35)15-6-8-43-9-7-15)4-5-21(31-24)30-22-11-19-20(13-29-22)34(28(40,41)42)26(39)33(19)16-2-3-17(36)10-16;3-2(6,7)8-1(4)5/h4-5,11,13-17,36,40-42H,2-3,6-10,12H2,1H3,(H,37,38)(H,29,30,31);6-7H,(H2,4,5). The molecule has 0 aromatic carbocycles. The molecule has 1 amide bonds. The second-order valence-electron chi connectivity index (χ2n) is 13.1. The van der Waals surface area contributed by atoms with E-state index in [4.69, 9.17) is 25.0 Å². The second-order valence-corrected chi connectivity index (χ2v) is 13.1. The van der Waals surface area contributed by atoms with Gasteiger partial charge < -0.3 is 56.3 Å². The van der Waals surface area contributed by atoms with Crippen molar-refractivity contribution in [2.24, 2.45) is 11.7 Å². The lowest BCUT2D eigenvalue weighted by atomic mass is 9.95. The molecule has 4 unspecified atom stereocenters. The lowest BCUT2D eigenvalue weighted by Crippen LogP contribution is -2.41. The van der Waals surface area contributed by atoms with Gasteiger partial charge in [-0.05, 0) is 56.6 Å². The van der Waals surface area contributed by atoms with Gasteiger partial charge in [0.05, 0.1) is 29.0 Å². The van der Waals surface area contributed by atoms with E-state index >= 15 is 0 Å². The monoisotopic (exact) mass is 712 g/mol. The molecule has 2 radical (unpaired) electrons. The van der Waals surface area contributed by atoms with Crippen molar-refractivity contribution in [1.82, 2.24) is 28.9 Å². The number of aliphatic carboxylic acids is 1. The van der Waals surface area contributed by atoms with Gasteiger partial charge in [-0.3, -0.25) is 4.57 Å². The minimum atomic E-state index is -3.46. The van der Waals surface area contributed by atoms with Crippen LogP contribution in [0.1, 0.15) is 63.1 Å². The minimum absolute atomic E-state index is 0.0156. The summed E-state index contributed by atoms with van der Waals surface area (Å²) < 4.78 is 12.3. The average molecular weight is 712 g/mol. The molecule has 10 N–H and O–H groups in total. The number of hydrogen-bond donors (Lipinski definition) is 9. The molecule has 20 nitrogen and oxygen atoms in total. The number of carboxylic acid groups (broad SMARTS) is 1. The predicted molar refractivity (Wildman–Crippen MR) is 174 cm³/mol. The third-order valence-corrected chi connectivity index (χ3v) is 9.50. The van der Waals surface area contributed by atoms with Crippen molar-refractivity contribution in [2.75, 3.05) is 18.5 Å². The van der Waals surface area contributed by atoms with Crippen LogP contribution in [0.15, 0.2) is 29.2 Å². The zero-order valence-electron chi connectivity index (χ0n) is 27.3. The van der Waals surface area contributed by atoms with Gasteiger partial charge in [0.1, 0.15) is 11.6 Å². The van der Waals surface area contributed by atoms with Crippen molar-refractivity contribution in [3.63, 3.8) is 0 Å². The number of imidazole rings is 1. The molecule has 3 aliphatic rings. The molecule has 4 aromatic heterocycles. The van der Waals surface area contributed by atoms with Crippen molar-refractivity contribution in [3.8, 4) is 0 Å². The Morgan fingerprint density at radius 1 is 1.10 bits per heavy atom. The Kier molecular flexibility index (Phi) is 9.33. The van der Waals surface area contributed by atoms with E-state index < -0.39 is 47.4 Å². The number of nitrogens with two attached hydrogens (primary N) is 1. The van der Waals surface area contributed by atoms with Gasteiger partial charge in [0.15, 0.2) is 11.2 Å². The number of carbonyl (C=O) groups excluding carboxylic acids is 1. The highest BCUT2D eigenvalue weighted by Gasteiger charge is 2.61. The van der Waals surface area contributed by atoms with Crippen LogP contribution in [-0.4, -0.2) is 110 Å². The summed E-state index contributed by atoms with van der Waals surface area (Å²) in [5.74, 6) is -3.28. The van der Waals surface area contributed by atoms with E-state index in [0.29, 0.717) is 54.9 Å². The highest BCUT2D eigenvalue weighted by Crippen LogP contribution is 2.52. The lowest BCUT2D eigenvalue weighted by molar-refractivity contribution is -0.374. The lowest BCUT2D eigenvalue weighted by Gasteiger charge is -2.20. The SMILES string of the molecule is CC1CC1(C(=O)O)n1nc(C2CCOCC2)c2ccc(Nc3cc4c(cn3)n(C(O)(O)O)c(=O)n4C3CCC(O)C3)nc21.[B]C(O)(O)OC(N)=O. The smallest absolute Gasteiger partial charge is 0.408 e. The number of aliphatic hydroxyl groups is 6. The summed E-state index contributed by atoms with van der Waals surface area (Å²) in [5, 5.41) is 74.8. The first-order valence-electron chi connectivity index (χ1n) is 16.1. The molecule has 21 heteroatoms. The molecule has 4 atom stereocenters. The number of carboxylic acids is 1. The molecule has 4 aromatic rings. The summed E-state index contributed by atoms with van der Waals surface area (Å²) in [6, 6.07) is 4.72. The number of fused-ring (bicyclic) bond motifs is 2. The second kappa shape index (κ2) is 13.2. The number of anilines is 2. The molecule has 2 aliphatic carbocycles. The summed E-state index contributed by atoms with van der Waals surface area (Å²) in [7, 11) is 4.32. The normalized spacial score (nSPS) is 23.9. The van der Waals surface area contributed by atoms with E-state index in [1.165, 1.54) is 16.8 Å². The molecule has 51 heavy (non-hydrogen) atoms. The van der Waals surface area contributed by atoms with Crippen LogP contribution < -0.4 is 16.7 Å². The zero-order valence-corrected chi connectivity index (χ0v) is 27.3. The summed E-state index contributed by atoms with van der Waals surface area (Å²) in [6.45, 7) is 3.10. The number of nitrogens with one attached hydrogen (secondary N) is 1. The molecular formula is C30H37BN8O12. The van der Waals surface area contributed by atoms with Crippen LogP contribution in [0.3, 0.4) is 0 Å². The molecule has 1 saturated heterocycles. The Morgan fingerprint density at radius 3 is 2.31 bits per heavy atom. The van der Waals surface area contributed by atoms with Gasteiger partial charge in [0, 0.05) is 36.6 Å². The molecule has 2 saturated carbocycles. The summed E-state index contributed by atoms with van der Waals surface area (Å²) in [5.41, 5.74) is 3.78. The average Bonchev–Trinajstić information content (AvgIpc) is 3.28. The number of rotatable bonds is 8. The van der Waals surface area contributed by atoms with Crippen molar-refractivity contribution < 1.29 is 54.8 Å². The first-order valence-corrected chi connectivity index (χ1v) is 16.1. The molecule has 272 valence electrons. The number of hydrogen-bond acceptors (Lipinski definition) is 15. The topological polar surface area (TPSA) is 303 Å². The molecule has 1 aliphatic heterocycles. The fourth-order valence-corrected chi connectivity index (χ4v) is 7.01. The molecular weight excluding hydrogens is 675 g/mol. The fraction of sp³-hybridized carbons (Fsp3) is 0.533. The minimum Gasteiger partial charge on any atom is -0.479 e. The Hall–Kier alpha value is -4.64. The third-order valence-electron chi connectivity index (χ3n) is 9.50. The van der Waals surface area contributed by atoms with E-state index in [-0.39, 0.29) is 28.7 Å². The van der Waals surface area contributed by atoms with Gasteiger partial charge in [-0.15, -0.1) is 0 Å². The molecule has 0 spiro atoms. The number of aromatic nitrogens is 6. The number of ether oxygens (including phenoxy) is 2. The maximum atomic E-state index is 13.2. The summed E-state index contributed by atoms with van der Waals surface area (Å²) >= 11 is 0. The van der Waals surface area contributed by atoms with Gasteiger partial charge in [-0.2, -0.15) is 5.10 Å². The number of pyridine rings is 2. The van der Waals surface area contributed by atoms with Crippen molar-refractivity contribution >= 4 is 53.6 Å². The quantitative estimate of drug-likeness (QED) is 0.0772. The van der Waals surface area contributed by atoms with E-state index in [1.54, 1.807) is 10.7 Å². The van der Waals surface area contributed by atoms with Gasteiger partial charge >= 0.3 is 23.8 Å². The van der Waals surface area contributed by atoms with Crippen LogP contribution in [0.5, 0.6) is 0 Å². The molecule has 5 heterocycles. The van der Waals surface area contributed by atoms with E-state index in [9.17, 15) is 39.9 Å². The van der Waals surface area contributed by atoms with E-state index in [2.05, 4.69) is 28.6 Å². The predicted octanol–water partition coefficient (Wildman–Crippen LogP) is -1.12. The van der Waals surface area contributed by atoms with Crippen LogP contribution in [0.25, 0.3) is 22.1 Å².